The van der Waals surface area contributed by atoms with Gasteiger partial charge in [0.25, 0.3) is 5.91 Å². The molecule has 0 bridgehead atoms. The molecule has 4 nitrogen and oxygen atoms in total. The van der Waals surface area contributed by atoms with Crippen LogP contribution in [0.3, 0.4) is 0 Å². The number of benzene rings is 2. The normalized spacial score (nSPS) is 9.85. The maximum atomic E-state index is 13.5. The number of phenolic OH excluding ortho intramolecular Hbond substituents is 1. The van der Waals surface area contributed by atoms with E-state index in [2.05, 4.69) is 5.32 Å². The zero-order chi connectivity index (χ0) is 14.7. The van der Waals surface area contributed by atoms with Gasteiger partial charge in [-0.2, -0.15) is 5.26 Å². The minimum Gasteiger partial charge on any atom is -0.508 e. The number of hydrogen-bond donors (Lipinski definition) is 2. The van der Waals surface area contributed by atoms with Gasteiger partial charge in [-0.25, -0.2) is 4.39 Å². The summed E-state index contributed by atoms with van der Waals surface area (Å²) in [6.07, 6.45) is 0. The highest BCUT2D eigenvalue weighted by atomic mass is 35.5. The molecule has 0 radical (unpaired) electrons. The predicted octanol–water partition coefficient (Wildman–Crippen LogP) is 3.31. The molecule has 0 saturated heterocycles. The molecule has 0 spiro atoms. The Balaban J connectivity index is 2.26. The highest BCUT2D eigenvalue weighted by Gasteiger charge is 2.14. The number of carbonyl (C=O) groups excluding carboxylic acids is 1. The molecule has 0 aliphatic carbocycles. The average Bonchev–Trinajstić information content (AvgIpc) is 2.40. The van der Waals surface area contributed by atoms with Gasteiger partial charge in [0.05, 0.1) is 27.9 Å². The molecule has 0 aliphatic rings. The summed E-state index contributed by atoms with van der Waals surface area (Å²) in [6, 6.07) is 9.45. The molecule has 0 atom stereocenters. The fraction of sp³-hybridized carbons (Fsp3) is 0. The van der Waals surface area contributed by atoms with Gasteiger partial charge in [-0.1, -0.05) is 11.6 Å². The number of rotatable bonds is 2. The lowest BCUT2D eigenvalue weighted by atomic mass is 10.1. The number of amides is 1. The summed E-state index contributed by atoms with van der Waals surface area (Å²) < 4.78 is 13.5. The first kappa shape index (κ1) is 13.8. The minimum atomic E-state index is -0.840. The SMILES string of the molecule is N#Cc1ccc(NC(=O)c2ccc(O)cc2F)c(Cl)c1. The lowest BCUT2D eigenvalue weighted by molar-refractivity contribution is 0.102. The smallest absolute Gasteiger partial charge is 0.258 e. The molecule has 1 amide bonds. The van der Waals surface area contributed by atoms with Gasteiger partial charge < -0.3 is 10.4 Å². The Kier molecular flexibility index (Phi) is 3.87. The zero-order valence-electron chi connectivity index (χ0n) is 10.0. The first-order valence-corrected chi connectivity index (χ1v) is 5.88. The van der Waals surface area contributed by atoms with Gasteiger partial charge in [-0.15, -0.1) is 0 Å². The van der Waals surface area contributed by atoms with Crippen molar-refractivity contribution in [2.45, 2.75) is 0 Å². The molecule has 0 aromatic heterocycles. The maximum absolute atomic E-state index is 13.5. The minimum absolute atomic E-state index is 0.177. The second kappa shape index (κ2) is 5.59. The summed E-state index contributed by atoms with van der Waals surface area (Å²) in [6.45, 7) is 0. The Morgan fingerprint density at radius 2 is 2.05 bits per heavy atom. The fourth-order valence-electron chi connectivity index (χ4n) is 1.56. The molecule has 0 saturated carbocycles. The van der Waals surface area contributed by atoms with Crippen molar-refractivity contribution in [2.24, 2.45) is 0 Å². The monoisotopic (exact) mass is 290 g/mol. The van der Waals surface area contributed by atoms with Crippen LogP contribution in [0.15, 0.2) is 36.4 Å². The van der Waals surface area contributed by atoms with Gasteiger partial charge in [0.15, 0.2) is 0 Å². The van der Waals surface area contributed by atoms with Crippen molar-refractivity contribution in [3.63, 3.8) is 0 Å². The van der Waals surface area contributed by atoms with E-state index in [1.807, 2.05) is 6.07 Å². The quantitative estimate of drug-likeness (QED) is 0.891. The van der Waals surface area contributed by atoms with E-state index >= 15 is 0 Å². The summed E-state index contributed by atoms with van der Waals surface area (Å²) in [7, 11) is 0. The first-order chi connectivity index (χ1) is 9.51. The molecule has 2 aromatic rings. The Hall–Kier alpha value is -2.58. The van der Waals surface area contributed by atoms with Gasteiger partial charge in [-0.05, 0) is 30.3 Å². The van der Waals surface area contributed by atoms with E-state index in [-0.39, 0.29) is 22.0 Å². The van der Waals surface area contributed by atoms with Crippen LogP contribution in [0.25, 0.3) is 0 Å². The van der Waals surface area contributed by atoms with E-state index in [9.17, 15) is 9.18 Å². The third-order valence-electron chi connectivity index (χ3n) is 2.54. The van der Waals surface area contributed by atoms with Crippen LogP contribution >= 0.6 is 11.6 Å². The van der Waals surface area contributed by atoms with Gasteiger partial charge >= 0.3 is 0 Å². The molecular formula is C14H8ClFN2O2. The lowest BCUT2D eigenvalue weighted by Gasteiger charge is -2.08. The van der Waals surface area contributed by atoms with Crippen LogP contribution in [0.1, 0.15) is 15.9 Å². The van der Waals surface area contributed by atoms with E-state index in [4.69, 9.17) is 22.0 Å². The summed E-state index contributed by atoms with van der Waals surface area (Å²) >= 11 is 5.91. The standard InChI is InChI=1S/C14H8ClFN2O2/c15-11-5-8(7-17)1-4-13(11)18-14(20)10-3-2-9(19)6-12(10)16/h1-6,19H,(H,18,20). The molecular weight excluding hydrogens is 283 g/mol. The Bertz CT molecular complexity index is 726. The number of nitriles is 1. The summed E-state index contributed by atoms with van der Waals surface area (Å²) in [5.74, 6) is -1.81. The molecule has 20 heavy (non-hydrogen) atoms. The van der Waals surface area contributed by atoms with Crippen LogP contribution in [-0.2, 0) is 0 Å². The largest absolute Gasteiger partial charge is 0.508 e. The number of phenols is 1. The second-order valence-electron chi connectivity index (χ2n) is 3.92. The molecule has 0 fully saturated rings. The van der Waals surface area contributed by atoms with E-state index in [0.717, 1.165) is 12.1 Å². The van der Waals surface area contributed by atoms with E-state index < -0.39 is 11.7 Å². The summed E-state index contributed by atoms with van der Waals surface area (Å²) in [5.41, 5.74) is 0.398. The van der Waals surface area contributed by atoms with Crippen molar-refractivity contribution in [2.75, 3.05) is 5.32 Å². The van der Waals surface area contributed by atoms with E-state index in [0.29, 0.717) is 5.56 Å². The topological polar surface area (TPSA) is 73.1 Å². The van der Waals surface area contributed by atoms with Gasteiger partial charge in [0.2, 0.25) is 0 Å². The fourth-order valence-corrected chi connectivity index (χ4v) is 1.79. The van der Waals surface area contributed by atoms with Crippen LogP contribution in [0.4, 0.5) is 10.1 Å². The Labute approximate surface area is 119 Å². The molecule has 2 N–H and O–H groups in total. The van der Waals surface area contributed by atoms with Gasteiger partial charge in [-0.3, -0.25) is 4.79 Å². The molecule has 2 rings (SSSR count). The third kappa shape index (κ3) is 2.87. The van der Waals surface area contributed by atoms with Crippen molar-refractivity contribution in [1.82, 2.24) is 0 Å². The van der Waals surface area contributed by atoms with E-state index in [1.165, 1.54) is 24.3 Å². The van der Waals surface area contributed by atoms with Crippen LogP contribution in [0.5, 0.6) is 5.75 Å². The van der Waals surface area contributed by atoms with Crippen LogP contribution in [-0.4, -0.2) is 11.0 Å². The van der Waals surface area contributed by atoms with Crippen molar-refractivity contribution in [3.8, 4) is 11.8 Å². The van der Waals surface area contributed by atoms with Crippen molar-refractivity contribution in [1.29, 1.82) is 5.26 Å². The van der Waals surface area contributed by atoms with Crippen LogP contribution < -0.4 is 5.32 Å². The molecule has 2 aromatic carbocycles. The first-order valence-electron chi connectivity index (χ1n) is 5.51. The highest BCUT2D eigenvalue weighted by molar-refractivity contribution is 6.34. The molecule has 0 unspecified atom stereocenters. The van der Waals surface area contributed by atoms with E-state index in [1.54, 1.807) is 0 Å². The second-order valence-corrected chi connectivity index (χ2v) is 4.33. The zero-order valence-corrected chi connectivity index (χ0v) is 10.8. The third-order valence-corrected chi connectivity index (χ3v) is 2.86. The number of anilines is 1. The highest BCUT2D eigenvalue weighted by Crippen LogP contribution is 2.24. The number of halogens is 2. The van der Waals surface area contributed by atoms with Crippen molar-refractivity contribution in [3.05, 3.63) is 58.4 Å². The Morgan fingerprint density at radius 1 is 1.30 bits per heavy atom. The van der Waals surface area contributed by atoms with Crippen molar-refractivity contribution < 1.29 is 14.3 Å². The van der Waals surface area contributed by atoms with Crippen molar-refractivity contribution >= 4 is 23.2 Å². The molecule has 100 valence electrons. The molecule has 0 aliphatic heterocycles. The van der Waals surface area contributed by atoms with Crippen LogP contribution in [0, 0.1) is 17.1 Å². The maximum Gasteiger partial charge on any atom is 0.258 e. The van der Waals surface area contributed by atoms with Crippen LogP contribution in [0.2, 0.25) is 5.02 Å². The number of nitrogens with zero attached hydrogens (tertiary/aromatic N) is 1. The number of carbonyl (C=O) groups is 1. The summed E-state index contributed by atoms with van der Waals surface area (Å²) in [4.78, 5) is 11.9. The van der Waals surface area contributed by atoms with Gasteiger partial charge in [0.1, 0.15) is 11.6 Å². The number of hydrogen-bond acceptors (Lipinski definition) is 3. The summed E-state index contributed by atoms with van der Waals surface area (Å²) in [5, 5.41) is 20.4. The predicted molar refractivity (Wildman–Crippen MR) is 72.2 cm³/mol. The number of aromatic hydroxyl groups is 1. The molecule has 0 heterocycles. The molecule has 6 heteroatoms. The lowest BCUT2D eigenvalue weighted by Crippen LogP contribution is -2.14. The van der Waals surface area contributed by atoms with Gasteiger partial charge in [0, 0.05) is 6.07 Å². The average molecular weight is 291 g/mol. The number of nitrogens with one attached hydrogen (secondary N) is 1. The Morgan fingerprint density at radius 3 is 2.65 bits per heavy atom.